The zero-order chi connectivity index (χ0) is 17.9. The van der Waals surface area contributed by atoms with Crippen LogP contribution in [0.5, 0.6) is 17.2 Å². The van der Waals surface area contributed by atoms with E-state index in [0.29, 0.717) is 29.4 Å². The lowest BCUT2D eigenvalue weighted by atomic mass is 10.2. The van der Waals surface area contributed by atoms with Gasteiger partial charge >= 0.3 is 11.8 Å². The number of aromatic nitrogens is 2. The summed E-state index contributed by atoms with van der Waals surface area (Å²) in [7, 11) is 1.59. The van der Waals surface area contributed by atoms with Gasteiger partial charge in [0, 0.05) is 12.1 Å². The van der Waals surface area contributed by atoms with Crippen LogP contribution in [0.4, 0.5) is 0 Å². The van der Waals surface area contributed by atoms with Crippen molar-refractivity contribution in [3.8, 4) is 28.6 Å². The average molecular weight is 353 g/mol. The molecular weight excluding hydrogens is 338 g/mol. The van der Waals surface area contributed by atoms with Crippen molar-refractivity contribution in [2.75, 3.05) is 13.9 Å². The Hall–Kier alpha value is -3.55. The molecule has 8 heteroatoms. The van der Waals surface area contributed by atoms with Crippen molar-refractivity contribution in [2.45, 2.75) is 6.54 Å². The van der Waals surface area contributed by atoms with Crippen LogP contribution in [0.3, 0.4) is 0 Å². The predicted octanol–water partition coefficient (Wildman–Crippen LogP) is 2.40. The van der Waals surface area contributed by atoms with E-state index in [4.69, 9.17) is 18.7 Å². The van der Waals surface area contributed by atoms with Gasteiger partial charge in [0.1, 0.15) is 5.75 Å². The highest BCUT2D eigenvalue weighted by Gasteiger charge is 2.19. The normalized spacial score (nSPS) is 12.0. The monoisotopic (exact) mass is 353 g/mol. The third-order valence-electron chi connectivity index (χ3n) is 3.84. The van der Waals surface area contributed by atoms with Gasteiger partial charge in [0.15, 0.2) is 11.5 Å². The lowest BCUT2D eigenvalue weighted by Gasteiger charge is -2.04. The van der Waals surface area contributed by atoms with Crippen molar-refractivity contribution >= 4 is 5.91 Å². The topological polar surface area (TPSA) is 95.7 Å². The van der Waals surface area contributed by atoms with E-state index in [0.717, 1.165) is 11.3 Å². The van der Waals surface area contributed by atoms with Crippen LogP contribution in [0.25, 0.3) is 11.4 Å². The van der Waals surface area contributed by atoms with Gasteiger partial charge in [-0.05, 0) is 35.9 Å². The van der Waals surface area contributed by atoms with Crippen molar-refractivity contribution < 1.29 is 23.5 Å². The number of hydrogen-bond acceptors (Lipinski definition) is 7. The minimum atomic E-state index is -0.452. The van der Waals surface area contributed by atoms with Crippen molar-refractivity contribution in [3.63, 3.8) is 0 Å². The highest BCUT2D eigenvalue weighted by molar-refractivity contribution is 5.89. The van der Waals surface area contributed by atoms with Gasteiger partial charge in [0.25, 0.3) is 0 Å². The minimum absolute atomic E-state index is 0.111. The summed E-state index contributed by atoms with van der Waals surface area (Å²) in [4.78, 5) is 16.4. The highest BCUT2D eigenvalue weighted by atomic mass is 16.7. The molecule has 1 aromatic heterocycles. The molecule has 1 aliphatic rings. The summed E-state index contributed by atoms with van der Waals surface area (Å²) in [6.45, 7) is 0.501. The van der Waals surface area contributed by atoms with Crippen LogP contribution in [-0.4, -0.2) is 30.0 Å². The Bertz CT molecular complexity index is 954. The number of nitrogens with zero attached hydrogens (tertiary/aromatic N) is 2. The predicted molar refractivity (Wildman–Crippen MR) is 90.0 cm³/mol. The van der Waals surface area contributed by atoms with Gasteiger partial charge in [0.05, 0.1) is 7.11 Å². The molecule has 1 amide bonds. The smallest absolute Gasteiger partial charge is 0.316 e. The third kappa shape index (κ3) is 3.16. The number of amides is 1. The van der Waals surface area contributed by atoms with E-state index in [-0.39, 0.29) is 12.7 Å². The molecular formula is C18H15N3O5. The Morgan fingerprint density at radius 2 is 2.08 bits per heavy atom. The van der Waals surface area contributed by atoms with Crippen LogP contribution in [-0.2, 0) is 6.54 Å². The second-order valence-corrected chi connectivity index (χ2v) is 5.53. The molecule has 0 unspecified atom stereocenters. The molecule has 1 N–H and O–H groups in total. The molecule has 0 bridgehead atoms. The summed E-state index contributed by atoms with van der Waals surface area (Å²) in [5, 5.41) is 6.59. The molecule has 2 heterocycles. The first-order valence-corrected chi connectivity index (χ1v) is 7.88. The molecule has 0 atom stereocenters. The third-order valence-corrected chi connectivity index (χ3v) is 3.84. The van der Waals surface area contributed by atoms with Gasteiger partial charge in [-0.25, -0.2) is 0 Å². The maximum atomic E-state index is 12.2. The largest absolute Gasteiger partial charge is 0.497 e. The molecule has 8 nitrogen and oxygen atoms in total. The molecule has 132 valence electrons. The number of carbonyl (C=O) groups excluding carboxylic acids is 1. The highest BCUT2D eigenvalue weighted by Crippen LogP contribution is 2.35. The first-order chi connectivity index (χ1) is 12.7. The van der Waals surface area contributed by atoms with Crippen LogP contribution in [0, 0.1) is 0 Å². The van der Waals surface area contributed by atoms with Gasteiger partial charge in [-0.15, -0.1) is 0 Å². The number of benzene rings is 2. The van der Waals surface area contributed by atoms with Crippen LogP contribution in [0.15, 0.2) is 47.0 Å². The summed E-state index contributed by atoms with van der Waals surface area (Å²) in [6.07, 6.45) is 0. The number of carbonyl (C=O) groups is 1. The number of nitrogens with one attached hydrogen (secondary N) is 1. The Kier molecular flexibility index (Phi) is 4.14. The standard InChI is InChI=1S/C18H15N3O5/c1-23-13-4-2-3-11(7-13)9-19-17(22)18-20-16(21-26-18)12-5-6-14-15(8-12)25-10-24-14/h2-8H,9-10H2,1H3,(H,19,22). The number of methoxy groups -OCH3 is 1. The van der Waals surface area contributed by atoms with Crippen LogP contribution in [0.1, 0.15) is 16.2 Å². The van der Waals surface area contributed by atoms with Gasteiger partial charge in [-0.1, -0.05) is 17.3 Å². The van der Waals surface area contributed by atoms with E-state index in [2.05, 4.69) is 15.5 Å². The van der Waals surface area contributed by atoms with Crippen molar-refractivity contribution in [1.82, 2.24) is 15.5 Å². The first-order valence-electron chi connectivity index (χ1n) is 7.88. The first kappa shape index (κ1) is 15.9. The van der Waals surface area contributed by atoms with Crippen molar-refractivity contribution in [2.24, 2.45) is 0 Å². The molecule has 0 spiro atoms. The summed E-state index contributed by atoms with van der Waals surface area (Å²) < 4.78 is 20.8. The maximum Gasteiger partial charge on any atom is 0.316 e. The maximum absolute atomic E-state index is 12.2. The molecule has 2 aromatic carbocycles. The minimum Gasteiger partial charge on any atom is -0.497 e. The van der Waals surface area contributed by atoms with Gasteiger partial charge in [0.2, 0.25) is 12.6 Å². The summed E-state index contributed by atoms with van der Waals surface area (Å²) in [6, 6.07) is 12.7. The second kappa shape index (κ2) is 6.75. The fourth-order valence-electron chi connectivity index (χ4n) is 2.51. The summed E-state index contributed by atoms with van der Waals surface area (Å²) in [5.74, 6) is 1.73. The van der Waals surface area contributed by atoms with Gasteiger partial charge in [-0.2, -0.15) is 4.98 Å². The molecule has 4 rings (SSSR count). The summed E-state index contributed by atoms with van der Waals surface area (Å²) in [5.41, 5.74) is 1.57. The molecule has 26 heavy (non-hydrogen) atoms. The second-order valence-electron chi connectivity index (χ2n) is 5.53. The van der Waals surface area contributed by atoms with E-state index in [1.165, 1.54) is 0 Å². The van der Waals surface area contributed by atoms with E-state index in [1.807, 2.05) is 24.3 Å². The lowest BCUT2D eigenvalue weighted by Crippen LogP contribution is -2.23. The Balaban J connectivity index is 1.44. The lowest BCUT2D eigenvalue weighted by molar-refractivity contribution is 0.0907. The Morgan fingerprint density at radius 1 is 1.19 bits per heavy atom. The zero-order valence-electron chi connectivity index (χ0n) is 13.9. The number of fused-ring (bicyclic) bond motifs is 1. The molecule has 0 fully saturated rings. The molecule has 1 aliphatic heterocycles. The fraction of sp³-hybridized carbons (Fsp3) is 0.167. The van der Waals surface area contributed by atoms with E-state index >= 15 is 0 Å². The molecule has 0 saturated carbocycles. The van der Waals surface area contributed by atoms with Crippen molar-refractivity contribution in [1.29, 1.82) is 0 Å². The Morgan fingerprint density at radius 3 is 2.96 bits per heavy atom. The molecule has 0 saturated heterocycles. The van der Waals surface area contributed by atoms with E-state index in [9.17, 15) is 4.79 Å². The summed E-state index contributed by atoms with van der Waals surface area (Å²) >= 11 is 0. The van der Waals surface area contributed by atoms with E-state index < -0.39 is 5.91 Å². The number of ether oxygens (including phenoxy) is 3. The number of hydrogen-bond donors (Lipinski definition) is 1. The SMILES string of the molecule is COc1cccc(CNC(=O)c2nc(-c3ccc4c(c3)OCO4)no2)c1. The Labute approximate surface area is 148 Å². The average Bonchev–Trinajstić information content (AvgIpc) is 3.35. The molecule has 3 aromatic rings. The van der Waals surface area contributed by atoms with Gasteiger partial charge in [-0.3, -0.25) is 4.79 Å². The zero-order valence-corrected chi connectivity index (χ0v) is 13.9. The van der Waals surface area contributed by atoms with Gasteiger partial charge < -0.3 is 24.1 Å². The number of rotatable bonds is 5. The van der Waals surface area contributed by atoms with Crippen molar-refractivity contribution in [3.05, 3.63) is 53.9 Å². The van der Waals surface area contributed by atoms with Crippen LogP contribution in [0.2, 0.25) is 0 Å². The van der Waals surface area contributed by atoms with Crippen LogP contribution >= 0.6 is 0 Å². The van der Waals surface area contributed by atoms with E-state index in [1.54, 1.807) is 25.3 Å². The quantitative estimate of drug-likeness (QED) is 0.752. The van der Waals surface area contributed by atoms with Crippen LogP contribution < -0.4 is 19.5 Å². The fourth-order valence-corrected chi connectivity index (χ4v) is 2.51. The molecule has 0 radical (unpaired) electrons. The molecule has 0 aliphatic carbocycles.